The topological polar surface area (TPSA) is 131 Å². The van der Waals surface area contributed by atoms with Crippen molar-refractivity contribution in [3.05, 3.63) is 88.9 Å². The van der Waals surface area contributed by atoms with Crippen molar-refractivity contribution >= 4 is 39.5 Å². The molecule has 210 valence electrons. The minimum absolute atomic E-state index is 0.0276. The Morgan fingerprint density at radius 3 is 2.21 bits per heavy atom. The minimum Gasteiger partial charge on any atom is -0.494 e. The number of halogens is 3. The lowest BCUT2D eigenvalue weighted by Crippen LogP contribution is -2.48. The summed E-state index contributed by atoms with van der Waals surface area (Å²) in [6.07, 6.45) is -3.21. The Labute approximate surface area is 233 Å². The number of hydrogen-bond acceptors (Lipinski definition) is 6. The van der Waals surface area contributed by atoms with E-state index >= 15 is 0 Å². The zero-order chi connectivity index (χ0) is 28.5. The van der Waals surface area contributed by atoms with Gasteiger partial charge in [-0.1, -0.05) is 46.3 Å². The summed E-state index contributed by atoms with van der Waals surface area (Å²) in [5, 5.41) is 2.70. The number of sulfonamides is 1. The van der Waals surface area contributed by atoms with E-state index in [1.165, 1.54) is 36.4 Å². The van der Waals surface area contributed by atoms with Gasteiger partial charge in [0.25, 0.3) is 0 Å². The fourth-order valence-electron chi connectivity index (χ4n) is 3.28. The molecule has 1 unspecified atom stereocenters. The first-order valence-electron chi connectivity index (χ1n) is 11.6. The van der Waals surface area contributed by atoms with Crippen molar-refractivity contribution in [2.75, 3.05) is 13.2 Å². The number of benzene rings is 3. The Morgan fingerprint density at radius 2 is 1.59 bits per heavy atom. The number of ether oxygens (including phenoxy) is 1. The maximum absolute atomic E-state index is 13.0. The van der Waals surface area contributed by atoms with Gasteiger partial charge < -0.3 is 19.5 Å². The standard InChI is InChI=1S/C25H26BrF2N2O7PS/c26-19-9-13-20(14-10-19)36-16-4-15-29-24(31)23(30-39(34,35)22-5-2-1-3-6-22)17-18-7-11-21(12-8-18)37-38(32,33)25(27)28/h1-3,5-14,23,25,30H,4,15-17H2,(H,29,31)(H,32,33)/t23-/m0/s1. The fourth-order valence-corrected chi connectivity index (χ4v) is 5.27. The van der Waals surface area contributed by atoms with E-state index in [0.29, 0.717) is 24.3 Å². The third-order valence-corrected chi connectivity index (χ3v) is 8.20. The van der Waals surface area contributed by atoms with Gasteiger partial charge in [0.1, 0.15) is 17.5 Å². The first-order valence-corrected chi connectivity index (χ1v) is 15.5. The smallest absolute Gasteiger partial charge is 0.442 e. The van der Waals surface area contributed by atoms with E-state index in [1.807, 2.05) is 12.1 Å². The normalized spacial score (nSPS) is 13.9. The predicted molar refractivity (Wildman–Crippen MR) is 144 cm³/mol. The van der Waals surface area contributed by atoms with E-state index in [-0.39, 0.29) is 23.6 Å². The van der Waals surface area contributed by atoms with E-state index in [1.54, 1.807) is 30.3 Å². The summed E-state index contributed by atoms with van der Waals surface area (Å²) in [6.45, 7) is 0.530. The maximum atomic E-state index is 13.0. The number of carbonyl (C=O) groups is 1. The third-order valence-electron chi connectivity index (χ3n) is 5.22. The Kier molecular flexibility index (Phi) is 11.0. The molecule has 0 bridgehead atoms. The molecule has 14 heteroatoms. The van der Waals surface area contributed by atoms with Crippen LogP contribution in [0.15, 0.2) is 88.2 Å². The number of hydrogen-bond donors (Lipinski definition) is 3. The third kappa shape index (κ3) is 9.70. The molecule has 0 aliphatic carbocycles. The van der Waals surface area contributed by atoms with Crippen LogP contribution in [0.2, 0.25) is 0 Å². The number of rotatable bonds is 14. The van der Waals surface area contributed by atoms with Crippen molar-refractivity contribution in [3.8, 4) is 11.5 Å². The van der Waals surface area contributed by atoms with Gasteiger partial charge >= 0.3 is 13.8 Å². The summed E-state index contributed by atoms with van der Waals surface area (Å²) < 4.78 is 75.9. The van der Waals surface area contributed by atoms with Crippen LogP contribution < -0.4 is 19.3 Å². The number of carbonyl (C=O) groups excluding carboxylic acids is 1. The van der Waals surface area contributed by atoms with Crippen LogP contribution in [0.25, 0.3) is 0 Å². The van der Waals surface area contributed by atoms with Crippen LogP contribution in [0.5, 0.6) is 11.5 Å². The highest BCUT2D eigenvalue weighted by molar-refractivity contribution is 9.10. The monoisotopic (exact) mass is 646 g/mol. The van der Waals surface area contributed by atoms with E-state index < -0.39 is 35.7 Å². The van der Waals surface area contributed by atoms with Gasteiger partial charge in [-0.05, 0) is 66.9 Å². The first-order chi connectivity index (χ1) is 18.5. The van der Waals surface area contributed by atoms with Gasteiger partial charge in [0.05, 0.1) is 11.5 Å². The number of nitrogens with one attached hydrogen (secondary N) is 2. The van der Waals surface area contributed by atoms with Crippen molar-refractivity contribution in [3.63, 3.8) is 0 Å². The fraction of sp³-hybridized carbons (Fsp3) is 0.240. The van der Waals surface area contributed by atoms with Crippen molar-refractivity contribution in [1.82, 2.24) is 10.0 Å². The molecule has 3 N–H and O–H groups in total. The zero-order valence-electron chi connectivity index (χ0n) is 20.4. The van der Waals surface area contributed by atoms with Crippen LogP contribution >= 0.6 is 23.5 Å². The second-order valence-electron chi connectivity index (χ2n) is 8.22. The van der Waals surface area contributed by atoms with Crippen LogP contribution in [0, 0.1) is 0 Å². The molecule has 0 aliphatic rings. The first kappa shape index (κ1) is 30.7. The highest BCUT2D eigenvalue weighted by Crippen LogP contribution is 2.48. The quantitative estimate of drug-likeness (QED) is 0.171. The van der Waals surface area contributed by atoms with E-state index in [9.17, 15) is 31.5 Å². The van der Waals surface area contributed by atoms with Gasteiger partial charge in [0.2, 0.25) is 15.9 Å². The maximum Gasteiger partial charge on any atom is 0.442 e. The Morgan fingerprint density at radius 1 is 0.974 bits per heavy atom. The van der Waals surface area contributed by atoms with Gasteiger partial charge in [-0.15, -0.1) is 0 Å². The SMILES string of the molecule is O=C(NCCCOc1ccc(Br)cc1)[C@H](Cc1ccc(OP(=O)(O)C(F)F)cc1)NS(=O)(=O)c1ccccc1. The lowest BCUT2D eigenvalue weighted by atomic mass is 10.1. The van der Waals surface area contributed by atoms with Crippen molar-refractivity contribution in [2.24, 2.45) is 0 Å². The van der Waals surface area contributed by atoms with Gasteiger partial charge in [-0.25, -0.2) is 13.0 Å². The van der Waals surface area contributed by atoms with Crippen LogP contribution in [0.4, 0.5) is 8.78 Å². The van der Waals surface area contributed by atoms with Crippen molar-refractivity contribution in [2.45, 2.75) is 29.9 Å². The summed E-state index contributed by atoms with van der Waals surface area (Å²) in [7, 11) is -9.21. The molecule has 0 radical (unpaired) electrons. The lowest BCUT2D eigenvalue weighted by Gasteiger charge is -2.19. The molecule has 3 aromatic carbocycles. The summed E-state index contributed by atoms with van der Waals surface area (Å²) in [4.78, 5) is 22.2. The second kappa shape index (κ2) is 14.0. The highest BCUT2D eigenvalue weighted by Gasteiger charge is 2.34. The minimum atomic E-state index is -5.15. The largest absolute Gasteiger partial charge is 0.494 e. The Balaban J connectivity index is 1.65. The van der Waals surface area contributed by atoms with Crippen molar-refractivity contribution in [1.29, 1.82) is 0 Å². The van der Waals surface area contributed by atoms with Crippen LogP contribution in [0.3, 0.4) is 0 Å². The summed E-state index contributed by atoms with van der Waals surface area (Å²) >= 11 is 3.34. The van der Waals surface area contributed by atoms with E-state index in [4.69, 9.17) is 4.74 Å². The molecule has 0 saturated heterocycles. The number of amides is 1. The second-order valence-corrected chi connectivity index (χ2v) is 12.5. The molecular formula is C25H26BrF2N2O7PS. The Bertz CT molecular complexity index is 1380. The van der Waals surface area contributed by atoms with Crippen LogP contribution in [-0.2, 0) is 25.8 Å². The van der Waals surface area contributed by atoms with Gasteiger partial charge in [-0.2, -0.15) is 13.5 Å². The Hall–Kier alpha value is -2.83. The molecule has 0 aromatic heterocycles. The van der Waals surface area contributed by atoms with Gasteiger partial charge in [0, 0.05) is 11.0 Å². The predicted octanol–water partition coefficient (Wildman–Crippen LogP) is 4.71. The molecule has 1 amide bonds. The molecule has 3 rings (SSSR count). The van der Waals surface area contributed by atoms with Gasteiger partial charge in [-0.3, -0.25) is 4.79 Å². The molecule has 0 aliphatic heterocycles. The average Bonchev–Trinajstić information content (AvgIpc) is 2.90. The summed E-state index contributed by atoms with van der Waals surface area (Å²) in [6, 6.07) is 18.7. The molecule has 0 fully saturated rings. The molecule has 0 saturated carbocycles. The van der Waals surface area contributed by atoms with Crippen LogP contribution in [-0.4, -0.2) is 44.6 Å². The molecule has 3 aromatic rings. The number of alkyl halides is 2. The van der Waals surface area contributed by atoms with Crippen LogP contribution in [0.1, 0.15) is 12.0 Å². The highest BCUT2D eigenvalue weighted by atomic mass is 79.9. The molecular weight excluding hydrogens is 621 g/mol. The average molecular weight is 647 g/mol. The lowest BCUT2D eigenvalue weighted by molar-refractivity contribution is -0.122. The summed E-state index contributed by atoms with van der Waals surface area (Å²) in [5.74, 6) is -0.200. The van der Waals surface area contributed by atoms with E-state index in [0.717, 1.165) is 4.47 Å². The zero-order valence-corrected chi connectivity index (χ0v) is 23.7. The molecule has 2 atom stereocenters. The molecule has 9 nitrogen and oxygen atoms in total. The summed E-state index contributed by atoms with van der Waals surface area (Å²) in [5.41, 5.74) is 0.446. The molecule has 0 spiro atoms. The molecule has 39 heavy (non-hydrogen) atoms. The molecule has 0 heterocycles. The van der Waals surface area contributed by atoms with Gasteiger partial charge in [0.15, 0.2) is 0 Å². The van der Waals surface area contributed by atoms with E-state index in [2.05, 4.69) is 30.5 Å². The van der Waals surface area contributed by atoms with Crippen molar-refractivity contribution < 1.29 is 40.7 Å².